The van der Waals surface area contributed by atoms with E-state index in [9.17, 15) is 62.3 Å². The predicted molar refractivity (Wildman–Crippen MR) is 356 cm³/mol. The van der Waals surface area contributed by atoms with Crippen LogP contribution in [0.1, 0.15) is 121 Å². The maximum Gasteiger partial charge on any atom is 0.245 e. The van der Waals surface area contributed by atoms with E-state index in [-0.39, 0.29) is 83.0 Å². The molecule has 95 heavy (non-hydrogen) atoms. The first-order valence-electron chi connectivity index (χ1n) is 32.2. The lowest BCUT2D eigenvalue weighted by molar-refractivity contribution is -0.144. The van der Waals surface area contributed by atoms with E-state index in [0.717, 1.165) is 0 Å². The zero-order chi connectivity index (χ0) is 70.1. The molecule has 2 heterocycles. The summed E-state index contributed by atoms with van der Waals surface area (Å²) in [6.45, 7) is 3.86. The van der Waals surface area contributed by atoms with E-state index in [1.807, 2.05) is 20.1 Å². The Morgan fingerprint density at radius 1 is 0.537 bits per heavy atom. The summed E-state index contributed by atoms with van der Waals surface area (Å²) in [6.07, 6.45) is 3.12. The fourth-order valence-corrected chi connectivity index (χ4v) is 11.5. The van der Waals surface area contributed by atoms with Gasteiger partial charge in [-0.2, -0.15) is 11.8 Å². The van der Waals surface area contributed by atoms with E-state index in [1.54, 1.807) is 60.7 Å². The van der Waals surface area contributed by atoms with Gasteiger partial charge in [-0.15, -0.1) is 0 Å². The molecule has 13 amide bonds. The van der Waals surface area contributed by atoms with E-state index in [2.05, 4.69) is 47.5 Å². The molecular weight excluding hydrogens is 1250 g/mol. The van der Waals surface area contributed by atoms with Crippen LogP contribution in [-0.4, -0.2) is 198 Å². The molecule has 524 valence electrons. The molecule has 0 bridgehead atoms. The Morgan fingerprint density at radius 2 is 1.01 bits per heavy atom. The highest BCUT2D eigenvalue weighted by molar-refractivity contribution is 7.98. The van der Waals surface area contributed by atoms with Crippen molar-refractivity contribution < 1.29 is 62.3 Å². The molecule has 32 heteroatoms. The van der Waals surface area contributed by atoms with Gasteiger partial charge in [0.2, 0.25) is 76.8 Å². The summed E-state index contributed by atoms with van der Waals surface area (Å²) in [5.74, 6) is -9.80. The van der Waals surface area contributed by atoms with Crippen molar-refractivity contribution in [1.82, 2.24) is 52.3 Å². The van der Waals surface area contributed by atoms with Crippen molar-refractivity contribution in [3.8, 4) is 0 Å². The van der Waals surface area contributed by atoms with Crippen LogP contribution in [0.15, 0.2) is 65.7 Å². The molecule has 31 nitrogen and oxygen atoms in total. The monoisotopic (exact) mass is 1350 g/mol. The van der Waals surface area contributed by atoms with Crippen LogP contribution < -0.4 is 82.7 Å². The first kappa shape index (κ1) is 78.5. The van der Waals surface area contributed by atoms with Gasteiger partial charge >= 0.3 is 0 Å². The summed E-state index contributed by atoms with van der Waals surface area (Å²) in [5, 5.41) is 21.1. The molecule has 2 fully saturated rings. The fraction of sp³-hybridized carbons (Fsp3) is 0.587. The molecule has 22 N–H and O–H groups in total. The summed E-state index contributed by atoms with van der Waals surface area (Å²) in [6, 6.07) is 4.51. The van der Waals surface area contributed by atoms with E-state index < -0.39 is 169 Å². The third kappa shape index (κ3) is 27.5. The summed E-state index contributed by atoms with van der Waals surface area (Å²) >= 11 is 1.45. The average Bonchev–Trinajstić information content (AvgIpc) is 1.74. The highest BCUT2D eigenvalue weighted by atomic mass is 32.2. The van der Waals surface area contributed by atoms with Gasteiger partial charge in [0.1, 0.15) is 54.4 Å². The van der Waals surface area contributed by atoms with Crippen LogP contribution in [0.3, 0.4) is 0 Å². The number of nitrogens with two attached hydrogens (primary N) is 7. The lowest BCUT2D eigenvalue weighted by Gasteiger charge is -2.32. The molecule has 4 rings (SSSR count). The number of rotatable bonds is 42. The van der Waals surface area contributed by atoms with Crippen LogP contribution in [-0.2, 0) is 75.2 Å². The van der Waals surface area contributed by atoms with Gasteiger partial charge in [-0.25, -0.2) is 0 Å². The molecule has 2 aromatic rings. The van der Waals surface area contributed by atoms with Crippen molar-refractivity contribution in [2.24, 2.45) is 51.0 Å². The number of guanidine groups is 1. The molecule has 2 aliphatic rings. The van der Waals surface area contributed by atoms with E-state index in [0.29, 0.717) is 55.4 Å². The normalized spacial score (nSPS) is 16.8. The number of amides is 13. The second-order valence-corrected chi connectivity index (χ2v) is 25.1. The molecule has 0 radical (unpaired) electrons. The number of hydrogen-bond donors (Lipinski definition) is 15. The minimum absolute atomic E-state index is 0.0736. The number of carbonyl (C=O) groups excluding carboxylic acids is 13. The molecule has 10 atom stereocenters. The van der Waals surface area contributed by atoms with Crippen LogP contribution in [0.25, 0.3) is 0 Å². The smallest absolute Gasteiger partial charge is 0.245 e. The predicted octanol–water partition coefficient (Wildman–Crippen LogP) is -3.71. The van der Waals surface area contributed by atoms with Crippen molar-refractivity contribution in [1.29, 1.82) is 0 Å². The maximum atomic E-state index is 14.7. The van der Waals surface area contributed by atoms with Crippen molar-refractivity contribution in [3.63, 3.8) is 0 Å². The Morgan fingerprint density at radius 3 is 1.51 bits per heavy atom. The highest BCUT2D eigenvalue weighted by Gasteiger charge is 2.42. The van der Waals surface area contributed by atoms with Gasteiger partial charge in [0.05, 0.1) is 12.6 Å². The third-order valence-electron chi connectivity index (χ3n) is 16.0. The van der Waals surface area contributed by atoms with Crippen molar-refractivity contribution in [2.45, 2.75) is 183 Å². The molecular formula is C63H98N18O13S. The minimum Gasteiger partial charge on any atom is -0.370 e. The fourth-order valence-electron chi connectivity index (χ4n) is 11.0. The lowest BCUT2D eigenvalue weighted by Crippen LogP contribution is -2.60. The molecule has 2 aliphatic heterocycles. The van der Waals surface area contributed by atoms with Gasteiger partial charge in [-0.1, -0.05) is 74.5 Å². The number of benzene rings is 2. The summed E-state index contributed by atoms with van der Waals surface area (Å²) in [4.78, 5) is 185. The Hall–Kier alpha value is -8.91. The van der Waals surface area contributed by atoms with Crippen molar-refractivity contribution in [3.05, 3.63) is 71.8 Å². The number of thioether (sulfide) groups is 1. The first-order chi connectivity index (χ1) is 45.2. The molecule has 0 unspecified atom stereocenters. The standard InChI is InChI=1S/C63H98N18O13S/c1-37(2)33-45(57(89)74-41(53(68)85)27-32-95-3)73-52(84)36-72-54(86)46(34-38-15-6-4-7-16-38)78-58(90)47(35-39-17-8-5-9-18-39)79-56(88)42(23-25-50(66)82)75-55(87)43(24-26-51(67)83)76-59(91)49-22-14-31-81(49)62(94)44(20-10-11-28-64)77-60(92)48-21-13-30-80(48)61(93)40(65)19-12-29-71-63(69)70/h4-9,15-18,37,40-49H,10-14,19-36,64-65H2,1-3H3,(H2,66,82)(H2,67,83)(H2,68,85)(H,72,86)(H,73,84)(H,74,89)(H,75,87)(H,76,91)(H,77,92)(H,78,90)(H,79,88)(H4,69,70,71)/t40-,41-,42+,43-,44-,45+,46+,47+,48-,49-/m0/s1. The van der Waals surface area contributed by atoms with Crippen molar-refractivity contribution in [2.75, 3.05) is 44.7 Å². The maximum absolute atomic E-state index is 14.7. The van der Waals surface area contributed by atoms with Crippen LogP contribution in [0.4, 0.5) is 0 Å². The highest BCUT2D eigenvalue weighted by Crippen LogP contribution is 2.24. The van der Waals surface area contributed by atoms with Gasteiger partial charge in [0.15, 0.2) is 5.96 Å². The van der Waals surface area contributed by atoms with Gasteiger partial charge < -0.3 is 92.5 Å². The second kappa shape index (κ2) is 41.0. The number of hydrogen-bond acceptors (Lipinski definition) is 17. The Bertz CT molecular complexity index is 2960. The quantitative estimate of drug-likeness (QED) is 0.0173. The minimum atomic E-state index is -1.64. The van der Waals surface area contributed by atoms with Gasteiger partial charge in [0.25, 0.3) is 0 Å². The molecule has 0 aromatic heterocycles. The Labute approximate surface area is 558 Å². The van der Waals surface area contributed by atoms with Gasteiger partial charge in [-0.05, 0) is 119 Å². The number of aliphatic imine (C=N–C) groups is 1. The number of unbranched alkanes of at least 4 members (excludes halogenated alkanes) is 1. The number of nitrogens with one attached hydrogen (secondary N) is 8. The average molecular weight is 1350 g/mol. The third-order valence-corrected chi connectivity index (χ3v) is 16.7. The zero-order valence-electron chi connectivity index (χ0n) is 54.5. The molecule has 0 aliphatic carbocycles. The Balaban J connectivity index is 1.56. The Kier molecular flexibility index (Phi) is 33.9. The molecule has 0 spiro atoms. The summed E-state index contributed by atoms with van der Waals surface area (Å²) < 4.78 is 0. The van der Waals surface area contributed by atoms with E-state index >= 15 is 0 Å². The summed E-state index contributed by atoms with van der Waals surface area (Å²) in [7, 11) is 0. The van der Waals surface area contributed by atoms with Gasteiger partial charge in [0, 0.05) is 45.3 Å². The zero-order valence-corrected chi connectivity index (χ0v) is 55.3. The van der Waals surface area contributed by atoms with Crippen LogP contribution in [0, 0.1) is 5.92 Å². The van der Waals surface area contributed by atoms with Crippen molar-refractivity contribution >= 4 is 94.5 Å². The van der Waals surface area contributed by atoms with Crippen LogP contribution in [0.5, 0.6) is 0 Å². The lowest BCUT2D eigenvalue weighted by atomic mass is 10.0. The molecule has 2 saturated heterocycles. The number of nitrogens with zero attached hydrogens (tertiary/aromatic N) is 3. The number of primary amides is 3. The van der Waals surface area contributed by atoms with Gasteiger partial charge in [-0.3, -0.25) is 67.3 Å². The van der Waals surface area contributed by atoms with Crippen LogP contribution in [0.2, 0.25) is 0 Å². The number of carbonyl (C=O) groups is 13. The largest absolute Gasteiger partial charge is 0.370 e. The van der Waals surface area contributed by atoms with Crippen LogP contribution >= 0.6 is 11.8 Å². The molecule has 2 aromatic carbocycles. The second-order valence-electron chi connectivity index (χ2n) is 24.1. The number of likely N-dealkylation sites (tertiary alicyclic amines) is 2. The SMILES string of the molecule is CSCC[C@H](NC(=O)[C@@H](CC(C)C)NC(=O)CNC(=O)[C@@H](Cc1ccccc1)NC(=O)[C@@H](Cc1ccccc1)NC(=O)[C@@H](CCC(N)=O)NC(=O)[C@H](CCC(N)=O)NC(=O)[C@@H]1CCCN1C(=O)[C@H](CCCCN)NC(=O)[C@@H]1CCCN1C(=O)[C@@H](N)CCCN=C(N)N)C(N)=O. The van der Waals surface area contributed by atoms with E-state index in [1.165, 1.54) is 21.6 Å². The molecule has 0 saturated carbocycles. The first-order valence-corrected chi connectivity index (χ1v) is 33.6. The topological polar surface area (TPSA) is 519 Å². The summed E-state index contributed by atoms with van der Waals surface area (Å²) in [5.41, 5.74) is 40.6. The van der Waals surface area contributed by atoms with E-state index in [4.69, 9.17) is 40.1 Å².